The van der Waals surface area contributed by atoms with Crippen molar-refractivity contribution in [2.75, 3.05) is 12.4 Å². The van der Waals surface area contributed by atoms with Gasteiger partial charge in [0.05, 0.1) is 29.9 Å². The van der Waals surface area contributed by atoms with E-state index in [2.05, 4.69) is 22.4 Å². The van der Waals surface area contributed by atoms with Crippen LogP contribution < -0.4 is 5.32 Å². The van der Waals surface area contributed by atoms with E-state index < -0.39 is 5.97 Å². The topological polar surface area (TPSA) is 68.3 Å². The zero-order valence-electron chi connectivity index (χ0n) is 13.5. The fourth-order valence-electron chi connectivity index (χ4n) is 2.30. The summed E-state index contributed by atoms with van der Waals surface area (Å²) in [6, 6.07) is 11.8. The number of methoxy groups -OCH3 is 1. The fraction of sp³-hybridized carbons (Fsp3) is 0.167. The molecule has 0 bridgehead atoms. The first-order chi connectivity index (χ1) is 12.2. The Balaban J connectivity index is 1.60. The number of carbonyl (C=O) groups is 2. The molecule has 0 saturated heterocycles. The third-order valence-corrected chi connectivity index (χ3v) is 5.24. The van der Waals surface area contributed by atoms with Crippen molar-refractivity contribution < 1.29 is 14.3 Å². The number of amides is 1. The first-order valence-electron chi connectivity index (χ1n) is 7.58. The molecule has 0 spiro atoms. The van der Waals surface area contributed by atoms with Gasteiger partial charge in [-0.1, -0.05) is 30.3 Å². The van der Waals surface area contributed by atoms with Crippen molar-refractivity contribution in [3.05, 3.63) is 68.3 Å². The Morgan fingerprint density at radius 3 is 2.72 bits per heavy atom. The Hall–Kier alpha value is -2.51. The average molecular weight is 372 g/mol. The summed E-state index contributed by atoms with van der Waals surface area (Å²) in [7, 11) is 1.32. The second kappa shape index (κ2) is 8.04. The van der Waals surface area contributed by atoms with Crippen molar-refractivity contribution >= 4 is 40.2 Å². The van der Waals surface area contributed by atoms with Gasteiger partial charge in [0.1, 0.15) is 4.88 Å². The number of anilines is 1. The fourth-order valence-corrected chi connectivity index (χ4v) is 3.89. The monoisotopic (exact) mass is 372 g/mol. The predicted octanol–water partition coefficient (Wildman–Crippen LogP) is 3.76. The number of hydrogen-bond acceptors (Lipinski definition) is 6. The summed E-state index contributed by atoms with van der Waals surface area (Å²) in [5.74, 6) is -0.663. The molecule has 0 atom stereocenters. The van der Waals surface area contributed by atoms with Gasteiger partial charge < -0.3 is 10.1 Å². The Bertz CT molecular complexity index is 871. The normalized spacial score (nSPS) is 10.4. The minimum Gasteiger partial charge on any atom is -0.465 e. The molecule has 7 heteroatoms. The van der Waals surface area contributed by atoms with Gasteiger partial charge >= 0.3 is 5.97 Å². The molecule has 25 heavy (non-hydrogen) atoms. The molecule has 1 N–H and O–H groups in total. The van der Waals surface area contributed by atoms with Gasteiger partial charge in [0.25, 0.3) is 0 Å². The number of nitrogens with zero attached hydrogens (tertiary/aromatic N) is 1. The van der Waals surface area contributed by atoms with Crippen LogP contribution in [0, 0.1) is 0 Å². The minimum absolute atomic E-state index is 0.168. The summed E-state index contributed by atoms with van der Waals surface area (Å²) >= 11 is 2.78. The van der Waals surface area contributed by atoms with Crippen molar-refractivity contribution in [1.29, 1.82) is 0 Å². The number of ether oxygens (including phenoxy) is 1. The molecule has 1 aromatic carbocycles. The summed E-state index contributed by atoms with van der Waals surface area (Å²) in [5, 5.41) is 7.35. The van der Waals surface area contributed by atoms with Gasteiger partial charge in [-0.05, 0) is 17.0 Å². The molecule has 0 radical (unpaired) electrons. The van der Waals surface area contributed by atoms with Crippen molar-refractivity contribution in [3.63, 3.8) is 0 Å². The lowest BCUT2D eigenvalue weighted by Gasteiger charge is -2.04. The van der Waals surface area contributed by atoms with Crippen molar-refractivity contribution in [2.45, 2.75) is 12.8 Å². The molecule has 0 fully saturated rings. The van der Waals surface area contributed by atoms with Gasteiger partial charge in [0, 0.05) is 11.8 Å². The first-order valence-corrected chi connectivity index (χ1v) is 9.34. The second-order valence-electron chi connectivity index (χ2n) is 5.27. The van der Waals surface area contributed by atoms with E-state index in [0.717, 1.165) is 17.1 Å². The van der Waals surface area contributed by atoms with E-state index in [0.29, 0.717) is 10.6 Å². The number of nitrogens with one attached hydrogen (secondary N) is 1. The first kappa shape index (κ1) is 17.3. The van der Waals surface area contributed by atoms with Crippen LogP contribution in [0.5, 0.6) is 0 Å². The van der Waals surface area contributed by atoms with Crippen LogP contribution >= 0.6 is 22.7 Å². The largest absolute Gasteiger partial charge is 0.465 e. The number of carbonyl (C=O) groups excluding carboxylic acids is 2. The molecule has 128 valence electrons. The van der Waals surface area contributed by atoms with Crippen molar-refractivity contribution in [2.24, 2.45) is 0 Å². The molecule has 0 aliphatic rings. The third-order valence-electron chi connectivity index (χ3n) is 3.45. The van der Waals surface area contributed by atoms with Crippen LogP contribution in [-0.4, -0.2) is 24.0 Å². The lowest BCUT2D eigenvalue weighted by Crippen LogP contribution is -2.16. The number of thiophene rings is 1. The molecule has 3 rings (SSSR count). The molecular formula is C18H16N2O3S2. The molecule has 2 aromatic heterocycles. The highest BCUT2D eigenvalue weighted by molar-refractivity contribution is 7.12. The molecule has 0 unspecified atom stereocenters. The summed E-state index contributed by atoms with van der Waals surface area (Å²) in [4.78, 5) is 28.8. The van der Waals surface area contributed by atoms with Crippen molar-refractivity contribution in [1.82, 2.24) is 4.98 Å². The maximum absolute atomic E-state index is 12.2. The van der Waals surface area contributed by atoms with E-state index in [1.165, 1.54) is 24.0 Å². The molecule has 5 nitrogen and oxygen atoms in total. The molecule has 3 aromatic rings. The maximum atomic E-state index is 12.2. The van der Waals surface area contributed by atoms with Gasteiger partial charge in [-0.2, -0.15) is 0 Å². The van der Waals surface area contributed by atoms with Gasteiger partial charge in [0.2, 0.25) is 5.91 Å². The van der Waals surface area contributed by atoms with Gasteiger partial charge in [-0.3, -0.25) is 4.79 Å². The Morgan fingerprint density at radius 2 is 1.96 bits per heavy atom. The second-order valence-corrected chi connectivity index (χ2v) is 7.13. The molecule has 0 saturated carbocycles. The van der Waals surface area contributed by atoms with E-state index in [9.17, 15) is 9.59 Å². The highest BCUT2D eigenvalue weighted by Gasteiger charge is 2.16. The lowest BCUT2D eigenvalue weighted by atomic mass is 10.2. The summed E-state index contributed by atoms with van der Waals surface area (Å²) in [6.45, 7) is 0. The Morgan fingerprint density at radius 1 is 1.16 bits per heavy atom. The lowest BCUT2D eigenvalue weighted by molar-refractivity contribution is -0.115. The molecular weight excluding hydrogens is 356 g/mol. The number of thiazole rings is 1. The summed E-state index contributed by atoms with van der Waals surface area (Å²) in [5.41, 5.74) is 2.39. The average Bonchev–Trinajstić information content (AvgIpc) is 3.24. The Kier molecular flexibility index (Phi) is 5.57. The number of aromatic nitrogens is 1. The zero-order chi connectivity index (χ0) is 17.6. The van der Waals surface area contributed by atoms with E-state index >= 15 is 0 Å². The van der Waals surface area contributed by atoms with E-state index in [4.69, 9.17) is 4.74 Å². The molecule has 0 aliphatic heterocycles. The molecule has 2 heterocycles. The van der Waals surface area contributed by atoms with Crippen LogP contribution in [0.3, 0.4) is 0 Å². The number of benzene rings is 1. The maximum Gasteiger partial charge on any atom is 0.350 e. The van der Waals surface area contributed by atoms with E-state index in [-0.39, 0.29) is 12.3 Å². The van der Waals surface area contributed by atoms with Crippen LogP contribution in [0.25, 0.3) is 0 Å². The minimum atomic E-state index is -0.455. The van der Waals surface area contributed by atoms with Crippen molar-refractivity contribution in [3.8, 4) is 0 Å². The SMILES string of the molecule is COC(=O)c1sccc1NC(=O)Cc1csc(Cc2ccccc2)n1. The third kappa shape index (κ3) is 4.52. The van der Waals surface area contributed by atoms with E-state index in [1.54, 1.807) is 22.8 Å². The zero-order valence-corrected chi connectivity index (χ0v) is 15.2. The van der Waals surface area contributed by atoms with Crippen LogP contribution in [0.15, 0.2) is 47.2 Å². The van der Waals surface area contributed by atoms with Gasteiger partial charge in [0.15, 0.2) is 0 Å². The highest BCUT2D eigenvalue weighted by Crippen LogP contribution is 2.23. The van der Waals surface area contributed by atoms with Crippen LogP contribution in [0.2, 0.25) is 0 Å². The van der Waals surface area contributed by atoms with E-state index in [1.807, 2.05) is 23.6 Å². The highest BCUT2D eigenvalue weighted by atomic mass is 32.1. The molecule has 0 aliphatic carbocycles. The van der Waals surface area contributed by atoms with Gasteiger partial charge in [-0.25, -0.2) is 9.78 Å². The predicted molar refractivity (Wildman–Crippen MR) is 99.4 cm³/mol. The molecule has 1 amide bonds. The Labute approximate surface area is 153 Å². The van der Waals surface area contributed by atoms with Crippen LogP contribution in [0.4, 0.5) is 5.69 Å². The smallest absolute Gasteiger partial charge is 0.350 e. The van der Waals surface area contributed by atoms with Gasteiger partial charge in [-0.15, -0.1) is 22.7 Å². The van der Waals surface area contributed by atoms with Crippen LogP contribution in [-0.2, 0) is 22.4 Å². The quantitative estimate of drug-likeness (QED) is 0.669. The van der Waals surface area contributed by atoms with Crippen LogP contribution in [0.1, 0.15) is 25.9 Å². The standard InChI is InChI=1S/C18H16N2O3S2/c1-23-18(22)17-14(7-8-24-17)20-15(21)10-13-11-25-16(19-13)9-12-5-3-2-4-6-12/h2-8,11H,9-10H2,1H3,(H,20,21). The summed E-state index contributed by atoms with van der Waals surface area (Å²) in [6.07, 6.45) is 0.923. The number of rotatable bonds is 6. The number of esters is 1. The number of hydrogen-bond donors (Lipinski definition) is 1. The summed E-state index contributed by atoms with van der Waals surface area (Å²) < 4.78 is 4.70.